The second kappa shape index (κ2) is 4.65. The lowest BCUT2D eigenvalue weighted by Crippen LogP contribution is -2.08. The van der Waals surface area contributed by atoms with Gasteiger partial charge in [0.25, 0.3) is 0 Å². The summed E-state index contributed by atoms with van der Waals surface area (Å²) >= 11 is 0. The van der Waals surface area contributed by atoms with E-state index in [1.54, 1.807) is 0 Å². The number of hydrogen-bond donors (Lipinski definition) is 1. The van der Waals surface area contributed by atoms with Gasteiger partial charge in [-0.05, 0) is 43.4 Å². The molecular weight excluding hydrogens is 238 g/mol. The van der Waals surface area contributed by atoms with Crippen molar-refractivity contribution < 1.29 is 9.90 Å². The van der Waals surface area contributed by atoms with Gasteiger partial charge in [-0.1, -0.05) is 26.0 Å². The molecule has 0 fully saturated rings. The van der Waals surface area contributed by atoms with Crippen molar-refractivity contribution in [2.24, 2.45) is 0 Å². The molecule has 3 heteroatoms. The summed E-state index contributed by atoms with van der Waals surface area (Å²) in [6.07, 6.45) is 0. The van der Waals surface area contributed by atoms with Crippen LogP contribution in [-0.4, -0.2) is 16.1 Å². The van der Waals surface area contributed by atoms with Crippen LogP contribution in [0.2, 0.25) is 0 Å². The Morgan fingerprint density at radius 2 is 1.79 bits per heavy atom. The SMILES string of the molecule is Cc1ccc2c(C(=O)O)c(C)c(C(C)C)nc2c1C. The number of aryl methyl sites for hydroxylation is 2. The highest BCUT2D eigenvalue weighted by molar-refractivity contribution is 6.05. The number of carboxylic acid groups (broad SMARTS) is 1. The number of aromatic nitrogens is 1. The Bertz CT molecular complexity index is 672. The van der Waals surface area contributed by atoms with Crippen LogP contribution < -0.4 is 0 Å². The van der Waals surface area contributed by atoms with Gasteiger partial charge in [-0.25, -0.2) is 4.79 Å². The Hall–Kier alpha value is -1.90. The Labute approximate surface area is 113 Å². The van der Waals surface area contributed by atoms with Crippen LogP contribution in [0.15, 0.2) is 12.1 Å². The van der Waals surface area contributed by atoms with Gasteiger partial charge >= 0.3 is 5.97 Å². The van der Waals surface area contributed by atoms with Crippen LogP contribution >= 0.6 is 0 Å². The van der Waals surface area contributed by atoms with Gasteiger partial charge in [0.15, 0.2) is 0 Å². The van der Waals surface area contributed by atoms with Gasteiger partial charge in [0.1, 0.15) is 0 Å². The Kier molecular flexibility index (Phi) is 3.31. The molecule has 0 unspecified atom stereocenters. The number of nitrogens with zero attached hydrogens (tertiary/aromatic N) is 1. The third kappa shape index (κ3) is 2.09. The zero-order valence-electron chi connectivity index (χ0n) is 12.0. The molecule has 0 radical (unpaired) electrons. The van der Waals surface area contributed by atoms with E-state index < -0.39 is 5.97 Å². The summed E-state index contributed by atoms with van der Waals surface area (Å²) in [4.78, 5) is 16.3. The summed E-state index contributed by atoms with van der Waals surface area (Å²) < 4.78 is 0. The molecule has 3 nitrogen and oxygen atoms in total. The molecule has 0 bridgehead atoms. The maximum absolute atomic E-state index is 11.6. The molecule has 2 aromatic rings. The zero-order valence-corrected chi connectivity index (χ0v) is 12.0. The van der Waals surface area contributed by atoms with E-state index in [0.717, 1.165) is 33.3 Å². The number of carbonyl (C=O) groups is 1. The highest BCUT2D eigenvalue weighted by atomic mass is 16.4. The maximum Gasteiger partial charge on any atom is 0.336 e. The highest BCUT2D eigenvalue weighted by Crippen LogP contribution is 2.30. The second-order valence-corrected chi connectivity index (χ2v) is 5.36. The molecule has 0 atom stereocenters. The molecule has 1 N–H and O–H groups in total. The fourth-order valence-corrected chi connectivity index (χ4v) is 2.52. The average Bonchev–Trinajstić information content (AvgIpc) is 2.32. The van der Waals surface area contributed by atoms with Crippen LogP contribution in [-0.2, 0) is 0 Å². The Morgan fingerprint density at radius 1 is 1.16 bits per heavy atom. The first kappa shape index (κ1) is 13.5. The fraction of sp³-hybridized carbons (Fsp3) is 0.375. The number of hydrogen-bond acceptors (Lipinski definition) is 2. The number of benzene rings is 1. The van der Waals surface area contributed by atoms with Gasteiger partial charge in [0.05, 0.1) is 11.1 Å². The lowest BCUT2D eigenvalue weighted by molar-refractivity contribution is 0.0698. The summed E-state index contributed by atoms with van der Waals surface area (Å²) in [6, 6.07) is 3.82. The predicted molar refractivity (Wildman–Crippen MR) is 77.0 cm³/mol. The molecular formula is C16H19NO2. The number of carboxylic acids is 1. The van der Waals surface area contributed by atoms with E-state index in [9.17, 15) is 9.90 Å². The normalized spacial score (nSPS) is 11.3. The lowest BCUT2D eigenvalue weighted by Gasteiger charge is -2.16. The summed E-state index contributed by atoms with van der Waals surface area (Å²) in [6.45, 7) is 9.94. The molecule has 19 heavy (non-hydrogen) atoms. The van der Waals surface area contributed by atoms with Crippen LogP contribution in [0.5, 0.6) is 0 Å². The monoisotopic (exact) mass is 257 g/mol. The summed E-state index contributed by atoms with van der Waals surface area (Å²) in [5, 5.41) is 10.2. The molecule has 100 valence electrons. The van der Waals surface area contributed by atoms with Crippen LogP contribution in [0.1, 0.15) is 52.5 Å². The quantitative estimate of drug-likeness (QED) is 0.885. The first-order valence-corrected chi connectivity index (χ1v) is 6.48. The van der Waals surface area contributed by atoms with Gasteiger partial charge in [-0.3, -0.25) is 4.98 Å². The molecule has 1 aromatic carbocycles. The number of fused-ring (bicyclic) bond motifs is 1. The predicted octanol–water partition coefficient (Wildman–Crippen LogP) is 3.98. The van der Waals surface area contributed by atoms with Crippen molar-refractivity contribution >= 4 is 16.9 Å². The molecule has 2 rings (SSSR count). The van der Waals surface area contributed by atoms with Crippen molar-refractivity contribution in [1.29, 1.82) is 0 Å². The first-order valence-electron chi connectivity index (χ1n) is 6.48. The van der Waals surface area contributed by atoms with E-state index in [1.165, 1.54) is 0 Å². The van der Waals surface area contributed by atoms with E-state index in [4.69, 9.17) is 4.98 Å². The second-order valence-electron chi connectivity index (χ2n) is 5.36. The summed E-state index contributed by atoms with van der Waals surface area (Å²) in [7, 11) is 0. The standard InChI is InChI=1S/C16H19NO2/c1-8(2)14-11(5)13(16(18)19)12-7-6-9(3)10(4)15(12)17-14/h6-8H,1-5H3,(H,18,19). The van der Waals surface area contributed by atoms with Crippen molar-refractivity contribution in [2.45, 2.75) is 40.5 Å². The van der Waals surface area contributed by atoms with Crippen molar-refractivity contribution in [3.05, 3.63) is 40.1 Å². The smallest absolute Gasteiger partial charge is 0.336 e. The summed E-state index contributed by atoms with van der Waals surface area (Å²) in [5.41, 5.74) is 5.04. The van der Waals surface area contributed by atoms with Gasteiger partial charge in [-0.15, -0.1) is 0 Å². The van der Waals surface area contributed by atoms with Crippen molar-refractivity contribution in [1.82, 2.24) is 4.98 Å². The maximum atomic E-state index is 11.6. The van der Waals surface area contributed by atoms with Gasteiger partial charge in [-0.2, -0.15) is 0 Å². The molecule has 0 saturated heterocycles. The molecule has 0 aliphatic rings. The van der Waals surface area contributed by atoms with Crippen molar-refractivity contribution in [2.75, 3.05) is 0 Å². The van der Waals surface area contributed by atoms with Crippen LogP contribution in [0.25, 0.3) is 10.9 Å². The van der Waals surface area contributed by atoms with Crippen molar-refractivity contribution in [3.8, 4) is 0 Å². The van der Waals surface area contributed by atoms with Gasteiger partial charge in [0.2, 0.25) is 0 Å². The van der Waals surface area contributed by atoms with E-state index in [1.807, 2.05) is 46.8 Å². The number of aromatic carboxylic acids is 1. The van der Waals surface area contributed by atoms with Gasteiger partial charge in [0, 0.05) is 11.1 Å². The molecule has 0 aliphatic heterocycles. The Morgan fingerprint density at radius 3 is 2.32 bits per heavy atom. The fourth-order valence-electron chi connectivity index (χ4n) is 2.52. The topological polar surface area (TPSA) is 50.2 Å². The van der Waals surface area contributed by atoms with Gasteiger partial charge < -0.3 is 5.11 Å². The molecule has 0 amide bonds. The van der Waals surface area contributed by atoms with E-state index in [0.29, 0.717) is 5.56 Å². The third-order valence-electron chi connectivity index (χ3n) is 3.72. The van der Waals surface area contributed by atoms with E-state index in [-0.39, 0.29) is 5.92 Å². The van der Waals surface area contributed by atoms with E-state index >= 15 is 0 Å². The lowest BCUT2D eigenvalue weighted by atomic mass is 9.94. The van der Waals surface area contributed by atoms with Crippen LogP contribution in [0, 0.1) is 20.8 Å². The highest BCUT2D eigenvalue weighted by Gasteiger charge is 2.19. The summed E-state index contributed by atoms with van der Waals surface area (Å²) in [5.74, 6) is -0.669. The molecule has 1 heterocycles. The number of pyridine rings is 1. The minimum Gasteiger partial charge on any atom is -0.478 e. The Balaban J connectivity index is 3.00. The minimum absolute atomic E-state index is 0.211. The number of rotatable bonds is 2. The zero-order chi connectivity index (χ0) is 14.3. The van der Waals surface area contributed by atoms with Crippen LogP contribution in [0.3, 0.4) is 0 Å². The van der Waals surface area contributed by atoms with Crippen LogP contribution in [0.4, 0.5) is 0 Å². The molecule has 0 spiro atoms. The molecule has 1 aromatic heterocycles. The average molecular weight is 257 g/mol. The largest absolute Gasteiger partial charge is 0.478 e. The van der Waals surface area contributed by atoms with E-state index in [2.05, 4.69) is 0 Å². The minimum atomic E-state index is -0.880. The molecule has 0 saturated carbocycles. The van der Waals surface area contributed by atoms with Crippen molar-refractivity contribution in [3.63, 3.8) is 0 Å². The third-order valence-corrected chi connectivity index (χ3v) is 3.72. The molecule has 0 aliphatic carbocycles. The first-order chi connectivity index (χ1) is 8.84.